The fraction of sp³-hybridized carbons (Fsp3) is 1.00. The van der Waals surface area contributed by atoms with Crippen LogP contribution in [-0.2, 0) is 32.7 Å². The molecule has 1 fully saturated rings. The van der Waals surface area contributed by atoms with Gasteiger partial charge >= 0.3 is 0 Å². The molecule has 1 radical (unpaired) electrons. The standard InChI is InChI=1S/C7H14O.Y/c8-6-7-4-2-1-3-5-7;/h7-8H,1-6H2;. The van der Waals surface area contributed by atoms with Gasteiger partial charge in [0.2, 0.25) is 0 Å². The molecule has 0 heterocycles. The smallest absolute Gasteiger partial charge is 0.0459 e. The van der Waals surface area contributed by atoms with E-state index in [1.165, 1.54) is 32.1 Å². The Balaban J connectivity index is 0.000000640. The van der Waals surface area contributed by atoms with Crippen molar-refractivity contribution in [1.29, 1.82) is 0 Å². The molecule has 1 rings (SSSR count). The van der Waals surface area contributed by atoms with Crippen LogP contribution in [0.4, 0.5) is 0 Å². The monoisotopic (exact) mass is 203 g/mol. The van der Waals surface area contributed by atoms with Gasteiger partial charge in [-0.3, -0.25) is 0 Å². The number of hydrogen-bond donors (Lipinski definition) is 1. The first kappa shape index (κ1) is 10.1. The molecule has 0 aromatic carbocycles. The van der Waals surface area contributed by atoms with Crippen LogP contribution in [0.2, 0.25) is 0 Å². The summed E-state index contributed by atoms with van der Waals surface area (Å²) in [7, 11) is 0. The van der Waals surface area contributed by atoms with E-state index in [1.54, 1.807) is 0 Å². The van der Waals surface area contributed by atoms with E-state index in [2.05, 4.69) is 0 Å². The summed E-state index contributed by atoms with van der Waals surface area (Å²) in [5, 5.41) is 8.69. The second-order valence-corrected chi connectivity index (χ2v) is 2.69. The molecule has 1 aliphatic rings. The van der Waals surface area contributed by atoms with Crippen molar-refractivity contribution in [3.8, 4) is 0 Å². The Hall–Kier alpha value is 1.06. The van der Waals surface area contributed by atoms with Gasteiger partial charge in [0.25, 0.3) is 0 Å². The summed E-state index contributed by atoms with van der Waals surface area (Å²) in [6, 6.07) is 0. The van der Waals surface area contributed by atoms with Crippen molar-refractivity contribution in [3.63, 3.8) is 0 Å². The van der Waals surface area contributed by atoms with E-state index in [0.717, 1.165) is 0 Å². The Morgan fingerprint density at radius 3 is 2.00 bits per heavy atom. The van der Waals surface area contributed by atoms with Gasteiger partial charge in [-0.25, -0.2) is 0 Å². The predicted octanol–water partition coefficient (Wildman–Crippen LogP) is 1.56. The molecule has 0 aliphatic heterocycles. The third-order valence-corrected chi connectivity index (χ3v) is 1.98. The van der Waals surface area contributed by atoms with Crippen LogP contribution in [0.1, 0.15) is 32.1 Å². The topological polar surface area (TPSA) is 20.2 Å². The van der Waals surface area contributed by atoms with Crippen molar-refractivity contribution >= 4 is 0 Å². The predicted molar refractivity (Wildman–Crippen MR) is 33.7 cm³/mol. The van der Waals surface area contributed by atoms with Crippen LogP contribution in [0, 0.1) is 5.92 Å². The fourth-order valence-corrected chi connectivity index (χ4v) is 1.37. The summed E-state index contributed by atoms with van der Waals surface area (Å²) >= 11 is 0. The molecular weight excluding hydrogens is 189 g/mol. The van der Waals surface area contributed by atoms with Gasteiger partial charge < -0.3 is 5.11 Å². The SMILES string of the molecule is OCC1CCCCC1.[Y]. The van der Waals surface area contributed by atoms with E-state index in [-0.39, 0.29) is 32.7 Å². The summed E-state index contributed by atoms with van der Waals surface area (Å²) in [5.74, 6) is 0.642. The first-order chi connectivity index (χ1) is 3.93. The van der Waals surface area contributed by atoms with Gasteiger partial charge in [-0.1, -0.05) is 19.3 Å². The molecule has 1 aliphatic carbocycles. The Labute approximate surface area is 82.1 Å². The Kier molecular flexibility index (Phi) is 6.51. The van der Waals surface area contributed by atoms with Crippen molar-refractivity contribution in [1.82, 2.24) is 0 Å². The third kappa shape index (κ3) is 3.69. The zero-order valence-electron chi connectivity index (χ0n) is 5.84. The molecule has 9 heavy (non-hydrogen) atoms. The van der Waals surface area contributed by atoms with Gasteiger partial charge in [0.1, 0.15) is 0 Å². The minimum Gasteiger partial charge on any atom is -0.396 e. The summed E-state index contributed by atoms with van der Waals surface area (Å²) < 4.78 is 0. The van der Waals surface area contributed by atoms with Gasteiger partial charge in [-0.05, 0) is 18.8 Å². The summed E-state index contributed by atoms with van der Waals surface area (Å²) in [5.41, 5.74) is 0. The zero-order valence-corrected chi connectivity index (χ0v) is 8.68. The van der Waals surface area contributed by atoms with E-state index in [4.69, 9.17) is 5.11 Å². The Morgan fingerprint density at radius 2 is 1.67 bits per heavy atom. The number of rotatable bonds is 1. The van der Waals surface area contributed by atoms with Gasteiger partial charge in [0, 0.05) is 39.3 Å². The minimum atomic E-state index is 0. The number of hydrogen-bond acceptors (Lipinski definition) is 1. The maximum Gasteiger partial charge on any atom is 0.0459 e. The molecule has 0 amide bonds. The maximum atomic E-state index is 8.69. The van der Waals surface area contributed by atoms with Crippen LogP contribution in [0.5, 0.6) is 0 Å². The molecule has 1 N–H and O–H groups in total. The molecule has 0 spiro atoms. The van der Waals surface area contributed by atoms with Gasteiger partial charge in [0.05, 0.1) is 0 Å². The summed E-state index contributed by atoms with van der Waals surface area (Å²) in [6.07, 6.45) is 6.58. The Bertz CT molecular complexity index is 59.9. The maximum absolute atomic E-state index is 8.69. The van der Waals surface area contributed by atoms with E-state index < -0.39 is 0 Å². The molecule has 2 heteroatoms. The van der Waals surface area contributed by atoms with Crippen LogP contribution in [0.15, 0.2) is 0 Å². The first-order valence-electron chi connectivity index (χ1n) is 3.54. The van der Waals surface area contributed by atoms with Crippen LogP contribution >= 0.6 is 0 Å². The normalized spacial score (nSPS) is 21.0. The van der Waals surface area contributed by atoms with E-state index in [9.17, 15) is 0 Å². The van der Waals surface area contributed by atoms with Crippen molar-refractivity contribution in [2.45, 2.75) is 32.1 Å². The average Bonchev–Trinajstić information content (AvgIpc) is 1.90. The molecule has 0 aromatic rings. The minimum absolute atomic E-state index is 0. The van der Waals surface area contributed by atoms with Crippen molar-refractivity contribution in [2.75, 3.05) is 6.61 Å². The van der Waals surface area contributed by atoms with E-state index >= 15 is 0 Å². The largest absolute Gasteiger partial charge is 0.396 e. The number of aliphatic hydroxyl groups is 1. The third-order valence-electron chi connectivity index (χ3n) is 1.98. The molecule has 0 bridgehead atoms. The molecule has 0 aromatic heterocycles. The van der Waals surface area contributed by atoms with Crippen molar-refractivity contribution in [3.05, 3.63) is 0 Å². The molecule has 0 atom stereocenters. The van der Waals surface area contributed by atoms with Crippen LogP contribution in [-0.4, -0.2) is 11.7 Å². The van der Waals surface area contributed by atoms with Gasteiger partial charge in [-0.15, -0.1) is 0 Å². The molecule has 1 nitrogen and oxygen atoms in total. The average molecular weight is 203 g/mol. The van der Waals surface area contributed by atoms with E-state index in [0.29, 0.717) is 12.5 Å². The summed E-state index contributed by atoms with van der Waals surface area (Å²) in [6.45, 7) is 0.417. The molecular formula is C7H14OY. The second-order valence-electron chi connectivity index (χ2n) is 2.69. The fourth-order valence-electron chi connectivity index (χ4n) is 1.37. The quantitative estimate of drug-likeness (QED) is 0.685. The van der Waals surface area contributed by atoms with Crippen LogP contribution in [0.25, 0.3) is 0 Å². The number of aliphatic hydroxyl groups excluding tert-OH is 1. The summed E-state index contributed by atoms with van der Waals surface area (Å²) in [4.78, 5) is 0. The van der Waals surface area contributed by atoms with Gasteiger partial charge in [-0.2, -0.15) is 0 Å². The van der Waals surface area contributed by atoms with Crippen molar-refractivity contribution < 1.29 is 37.8 Å². The molecule has 1 saturated carbocycles. The van der Waals surface area contributed by atoms with Crippen LogP contribution < -0.4 is 0 Å². The zero-order chi connectivity index (χ0) is 5.82. The van der Waals surface area contributed by atoms with Crippen molar-refractivity contribution in [2.24, 2.45) is 5.92 Å². The second kappa shape index (κ2) is 5.82. The van der Waals surface area contributed by atoms with Crippen LogP contribution in [0.3, 0.4) is 0 Å². The Morgan fingerprint density at radius 1 is 1.11 bits per heavy atom. The molecule has 0 saturated heterocycles. The molecule has 51 valence electrons. The van der Waals surface area contributed by atoms with Gasteiger partial charge in [0.15, 0.2) is 0 Å². The first-order valence-corrected chi connectivity index (χ1v) is 3.54. The molecule has 0 unspecified atom stereocenters. The van der Waals surface area contributed by atoms with E-state index in [1.807, 2.05) is 0 Å².